The summed E-state index contributed by atoms with van der Waals surface area (Å²) in [6.07, 6.45) is 3.64. The molecule has 0 saturated heterocycles. The zero-order valence-corrected chi connectivity index (χ0v) is 10.8. The maximum absolute atomic E-state index is 6.01. The first-order valence-electron chi connectivity index (χ1n) is 6.17. The lowest BCUT2D eigenvalue weighted by atomic mass is 10.1. The van der Waals surface area contributed by atoms with Crippen molar-refractivity contribution >= 4 is 28.7 Å². The summed E-state index contributed by atoms with van der Waals surface area (Å²) in [5.74, 6) is 0. The summed E-state index contributed by atoms with van der Waals surface area (Å²) in [5.41, 5.74) is 11.4. The van der Waals surface area contributed by atoms with E-state index in [9.17, 15) is 0 Å². The Kier molecular flexibility index (Phi) is 2.88. The molecule has 0 fully saturated rings. The number of aryl methyl sites for hydroxylation is 2. The number of rotatable bonds is 2. The molecule has 92 valence electrons. The maximum atomic E-state index is 6.01. The van der Waals surface area contributed by atoms with E-state index in [4.69, 9.17) is 17.3 Å². The predicted molar refractivity (Wildman–Crippen MR) is 77.6 cm³/mol. The second kappa shape index (κ2) is 4.54. The lowest BCUT2D eigenvalue weighted by molar-refractivity contribution is 0.912. The molecule has 0 amide bonds. The number of anilines is 3. The van der Waals surface area contributed by atoms with E-state index in [2.05, 4.69) is 23.5 Å². The van der Waals surface area contributed by atoms with Crippen molar-refractivity contribution in [3.8, 4) is 0 Å². The van der Waals surface area contributed by atoms with Gasteiger partial charge in [-0.05, 0) is 54.7 Å². The molecule has 0 radical (unpaired) electrons. The predicted octanol–water partition coefficient (Wildman–Crippen LogP) is 4.15. The average molecular weight is 259 g/mol. The van der Waals surface area contributed by atoms with Gasteiger partial charge >= 0.3 is 0 Å². The first-order chi connectivity index (χ1) is 8.74. The third-order valence-electron chi connectivity index (χ3n) is 3.43. The quantitative estimate of drug-likeness (QED) is 0.794. The van der Waals surface area contributed by atoms with Crippen molar-refractivity contribution in [1.29, 1.82) is 0 Å². The molecular formula is C15H15ClN2. The van der Waals surface area contributed by atoms with Crippen LogP contribution in [0.2, 0.25) is 5.02 Å². The van der Waals surface area contributed by atoms with Gasteiger partial charge in [-0.15, -0.1) is 0 Å². The molecule has 0 bridgehead atoms. The van der Waals surface area contributed by atoms with Gasteiger partial charge in [-0.1, -0.05) is 23.7 Å². The molecule has 0 atom stereocenters. The Bertz CT molecular complexity index is 593. The van der Waals surface area contributed by atoms with Crippen molar-refractivity contribution in [3.63, 3.8) is 0 Å². The standard InChI is InChI=1S/C15H15ClN2/c16-13-5-2-6-14(15(13)17)18-12-8-7-10-3-1-4-11(10)9-12/h2,5-9,18H,1,3-4,17H2. The summed E-state index contributed by atoms with van der Waals surface area (Å²) in [5, 5.41) is 3.92. The van der Waals surface area contributed by atoms with Crippen LogP contribution in [-0.4, -0.2) is 0 Å². The van der Waals surface area contributed by atoms with Crippen molar-refractivity contribution in [2.75, 3.05) is 11.1 Å². The molecule has 0 saturated carbocycles. The number of para-hydroxylation sites is 1. The van der Waals surface area contributed by atoms with Crippen LogP contribution >= 0.6 is 11.6 Å². The van der Waals surface area contributed by atoms with Gasteiger partial charge in [-0.25, -0.2) is 0 Å². The van der Waals surface area contributed by atoms with Crippen molar-refractivity contribution in [2.24, 2.45) is 0 Å². The second-order valence-electron chi connectivity index (χ2n) is 4.66. The molecule has 1 aliphatic rings. The second-order valence-corrected chi connectivity index (χ2v) is 5.07. The molecule has 0 aliphatic heterocycles. The zero-order chi connectivity index (χ0) is 12.5. The first-order valence-corrected chi connectivity index (χ1v) is 6.54. The van der Waals surface area contributed by atoms with Crippen molar-refractivity contribution in [1.82, 2.24) is 0 Å². The number of benzene rings is 2. The zero-order valence-electron chi connectivity index (χ0n) is 10.0. The van der Waals surface area contributed by atoms with Crippen LogP contribution in [0.3, 0.4) is 0 Å². The van der Waals surface area contributed by atoms with E-state index in [1.54, 1.807) is 6.07 Å². The third-order valence-corrected chi connectivity index (χ3v) is 3.76. The number of nitrogen functional groups attached to an aromatic ring is 1. The largest absolute Gasteiger partial charge is 0.396 e. The van der Waals surface area contributed by atoms with Crippen molar-refractivity contribution in [3.05, 3.63) is 52.5 Å². The van der Waals surface area contributed by atoms with Gasteiger partial charge in [-0.2, -0.15) is 0 Å². The Balaban J connectivity index is 1.90. The highest BCUT2D eigenvalue weighted by Gasteiger charge is 2.11. The van der Waals surface area contributed by atoms with Gasteiger partial charge in [0.25, 0.3) is 0 Å². The lowest BCUT2D eigenvalue weighted by Gasteiger charge is -2.11. The lowest BCUT2D eigenvalue weighted by Crippen LogP contribution is -1.97. The summed E-state index contributed by atoms with van der Waals surface area (Å²) < 4.78 is 0. The molecule has 2 aromatic carbocycles. The Morgan fingerprint density at radius 3 is 2.78 bits per heavy atom. The molecule has 0 aromatic heterocycles. The molecule has 3 N–H and O–H groups in total. The molecule has 2 aromatic rings. The number of hydrogen-bond acceptors (Lipinski definition) is 2. The molecule has 0 heterocycles. The van der Waals surface area contributed by atoms with Gasteiger partial charge < -0.3 is 11.1 Å². The minimum atomic E-state index is 0.584. The fraction of sp³-hybridized carbons (Fsp3) is 0.200. The molecule has 3 heteroatoms. The minimum absolute atomic E-state index is 0.584. The van der Waals surface area contributed by atoms with E-state index < -0.39 is 0 Å². The van der Waals surface area contributed by atoms with E-state index in [-0.39, 0.29) is 0 Å². The molecule has 18 heavy (non-hydrogen) atoms. The van der Waals surface area contributed by atoms with Crippen LogP contribution in [0.25, 0.3) is 0 Å². The van der Waals surface area contributed by atoms with Crippen LogP contribution in [0.15, 0.2) is 36.4 Å². The molecule has 2 nitrogen and oxygen atoms in total. The van der Waals surface area contributed by atoms with E-state index >= 15 is 0 Å². The van der Waals surface area contributed by atoms with E-state index in [1.807, 2.05) is 12.1 Å². The minimum Gasteiger partial charge on any atom is -0.396 e. The van der Waals surface area contributed by atoms with Gasteiger partial charge in [0.2, 0.25) is 0 Å². The monoisotopic (exact) mass is 258 g/mol. The Morgan fingerprint density at radius 2 is 1.89 bits per heavy atom. The Hall–Kier alpha value is -1.67. The third kappa shape index (κ3) is 2.04. The molecule has 0 unspecified atom stereocenters. The molecule has 1 aliphatic carbocycles. The SMILES string of the molecule is Nc1c(Cl)cccc1Nc1ccc2c(c1)CCC2. The summed E-state index contributed by atoms with van der Waals surface area (Å²) in [6, 6.07) is 12.1. The van der Waals surface area contributed by atoms with Crippen LogP contribution in [0.5, 0.6) is 0 Å². The van der Waals surface area contributed by atoms with Gasteiger partial charge in [-0.3, -0.25) is 0 Å². The van der Waals surface area contributed by atoms with Crippen LogP contribution in [-0.2, 0) is 12.8 Å². The van der Waals surface area contributed by atoms with Crippen molar-refractivity contribution < 1.29 is 0 Å². The smallest absolute Gasteiger partial charge is 0.0742 e. The summed E-state index contributed by atoms with van der Waals surface area (Å²) in [4.78, 5) is 0. The van der Waals surface area contributed by atoms with Crippen LogP contribution < -0.4 is 11.1 Å². The van der Waals surface area contributed by atoms with Crippen molar-refractivity contribution in [2.45, 2.75) is 19.3 Å². The van der Waals surface area contributed by atoms with Crippen LogP contribution in [0.1, 0.15) is 17.5 Å². The van der Waals surface area contributed by atoms with Gasteiger partial charge in [0.15, 0.2) is 0 Å². The van der Waals surface area contributed by atoms with Crippen LogP contribution in [0, 0.1) is 0 Å². The maximum Gasteiger partial charge on any atom is 0.0742 e. The highest BCUT2D eigenvalue weighted by atomic mass is 35.5. The summed E-state index contributed by atoms with van der Waals surface area (Å²) >= 11 is 6.01. The van der Waals surface area contributed by atoms with Crippen LogP contribution in [0.4, 0.5) is 17.1 Å². The number of nitrogens with two attached hydrogens (primary N) is 1. The Morgan fingerprint density at radius 1 is 1.06 bits per heavy atom. The molecule has 0 spiro atoms. The Labute approximate surface area is 112 Å². The average Bonchev–Trinajstić information content (AvgIpc) is 2.82. The fourth-order valence-corrected chi connectivity index (χ4v) is 2.63. The normalized spacial score (nSPS) is 13.4. The molecule has 3 rings (SSSR count). The fourth-order valence-electron chi connectivity index (χ4n) is 2.45. The highest BCUT2D eigenvalue weighted by Crippen LogP contribution is 2.31. The number of halogens is 1. The van der Waals surface area contributed by atoms with E-state index in [0.29, 0.717) is 10.7 Å². The van der Waals surface area contributed by atoms with Gasteiger partial charge in [0, 0.05) is 5.69 Å². The number of nitrogens with one attached hydrogen (secondary N) is 1. The number of fused-ring (bicyclic) bond motifs is 1. The van der Waals surface area contributed by atoms with Gasteiger partial charge in [0.05, 0.1) is 16.4 Å². The first kappa shape index (κ1) is 11.4. The van der Waals surface area contributed by atoms with Gasteiger partial charge in [0.1, 0.15) is 0 Å². The summed E-state index contributed by atoms with van der Waals surface area (Å²) in [7, 11) is 0. The summed E-state index contributed by atoms with van der Waals surface area (Å²) in [6.45, 7) is 0. The van der Waals surface area contributed by atoms with E-state index in [1.165, 1.54) is 30.4 Å². The number of hydrogen-bond donors (Lipinski definition) is 2. The molecular weight excluding hydrogens is 244 g/mol. The van der Waals surface area contributed by atoms with E-state index in [0.717, 1.165) is 11.4 Å². The highest BCUT2D eigenvalue weighted by molar-refractivity contribution is 6.33. The topological polar surface area (TPSA) is 38.0 Å².